The Kier molecular flexibility index (Phi) is 2.87. The fourth-order valence-corrected chi connectivity index (χ4v) is 0. The van der Waals surface area contributed by atoms with E-state index < -0.39 is 20.3 Å². The molecule has 0 N–H and O–H groups in total. The minimum atomic E-state index is -9.19. The van der Waals surface area contributed by atoms with Crippen LogP contribution in [0.4, 0.5) is 14.1 Å². The molecule has 0 bridgehead atoms. The normalized spacial score (nSPS) is 16.4. The summed E-state index contributed by atoms with van der Waals surface area (Å²) < 4.78 is 49.6. The van der Waals surface area contributed by atoms with Crippen molar-refractivity contribution in [2.45, 2.75) is 0 Å². The molecular formula is F5SbSi. The Balaban J connectivity index is 0. The first-order valence-corrected chi connectivity index (χ1v) is 5.67. The third-order valence-corrected chi connectivity index (χ3v) is 0. The summed E-state index contributed by atoms with van der Waals surface area (Å²) in [4.78, 5) is 0. The maximum absolute atomic E-state index is 9.91. The minimum absolute atomic E-state index is 0. The summed E-state index contributed by atoms with van der Waals surface area (Å²) in [6.45, 7) is 0. The molecule has 0 aliphatic carbocycles. The first-order valence-electron chi connectivity index (χ1n) is 0.845. The molecule has 0 aromatic heterocycles. The van der Waals surface area contributed by atoms with Crippen molar-refractivity contribution in [1.29, 1.82) is 0 Å². The topological polar surface area (TPSA) is 0 Å². The van der Waals surface area contributed by atoms with Crippen LogP contribution in [0.25, 0.3) is 0 Å². The summed E-state index contributed by atoms with van der Waals surface area (Å²) in [5, 5.41) is 0. The molecule has 0 aliphatic rings. The van der Waals surface area contributed by atoms with Gasteiger partial charge in [-0.3, -0.25) is 0 Å². The maximum Gasteiger partial charge on any atom is 0 e. The Labute approximate surface area is 45.8 Å². The van der Waals surface area contributed by atoms with Gasteiger partial charge in [-0.25, -0.2) is 0 Å². The Bertz CT molecular complexity index is 41.3. The van der Waals surface area contributed by atoms with Crippen molar-refractivity contribution in [3.63, 3.8) is 0 Å². The van der Waals surface area contributed by atoms with Crippen molar-refractivity contribution in [3.8, 4) is 0 Å². The van der Waals surface area contributed by atoms with E-state index in [-0.39, 0.29) is 11.0 Å². The average molecular weight is 245 g/mol. The van der Waals surface area contributed by atoms with Crippen LogP contribution in [0.5, 0.6) is 0 Å². The van der Waals surface area contributed by atoms with Gasteiger partial charge >= 0.3 is 34.4 Å². The molecule has 0 spiro atoms. The van der Waals surface area contributed by atoms with E-state index in [4.69, 9.17) is 0 Å². The molecule has 0 unspecified atom stereocenters. The number of halogens is 5. The van der Waals surface area contributed by atoms with Crippen molar-refractivity contribution >= 4 is 31.3 Å². The number of hydrogen-bond acceptors (Lipinski definition) is 0. The Morgan fingerprint density at radius 1 is 0.714 bits per heavy atom. The van der Waals surface area contributed by atoms with Crippen molar-refractivity contribution in [1.82, 2.24) is 0 Å². The molecule has 44 valence electrons. The molecule has 0 saturated carbocycles. The Morgan fingerprint density at radius 2 is 0.714 bits per heavy atom. The third kappa shape index (κ3) is 313. The van der Waals surface area contributed by atoms with Crippen LogP contribution in [0.2, 0.25) is 0 Å². The SMILES string of the molecule is [F][Sb]([F])([F])([F])[F].[Si]. The monoisotopic (exact) mass is 244 g/mol. The van der Waals surface area contributed by atoms with E-state index in [1.165, 1.54) is 0 Å². The van der Waals surface area contributed by atoms with Crippen LogP contribution in [0.3, 0.4) is 0 Å². The summed E-state index contributed by atoms with van der Waals surface area (Å²) >= 11 is -9.19. The average Bonchev–Trinajstić information content (AvgIpc) is 0.650. The standard InChI is InChI=1S/5FH.Sb.Si/h5*1H;;/q;;;;;+5;/p-5. The van der Waals surface area contributed by atoms with E-state index in [2.05, 4.69) is 0 Å². The van der Waals surface area contributed by atoms with Gasteiger partial charge in [0.2, 0.25) is 0 Å². The van der Waals surface area contributed by atoms with E-state index >= 15 is 0 Å². The second-order valence-electron chi connectivity index (χ2n) is 0.639. The van der Waals surface area contributed by atoms with E-state index in [0.29, 0.717) is 0 Å². The molecule has 0 atom stereocenters. The van der Waals surface area contributed by atoms with Gasteiger partial charge in [0.25, 0.3) is 0 Å². The number of rotatable bonds is 0. The molecule has 0 aromatic carbocycles. The zero-order valence-electron chi connectivity index (χ0n) is 2.84. The van der Waals surface area contributed by atoms with Crippen LogP contribution >= 0.6 is 0 Å². The van der Waals surface area contributed by atoms with E-state index in [1.807, 2.05) is 0 Å². The van der Waals surface area contributed by atoms with Crippen LogP contribution < -0.4 is 0 Å². The molecule has 0 saturated heterocycles. The molecule has 7 heavy (non-hydrogen) atoms. The van der Waals surface area contributed by atoms with Crippen LogP contribution in [0.15, 0.2) is 0 Å². The van der Waals surface area contributed by atoms with Crippen LogP contribution in [0, 0.1) is 0 Å². The zero-order chi connectivity index (χ0) is 5.45. The largest absolute Gasteiger partial charge is 0 e. The molecule has 0 aromatic rings. The summed E-state index contributed by atoms with van der Waals surface area (Å²) in [7, 11) is 0. The molecular weight excluding hydrogens is 245 g/mol. The maximum atomic E-state index is 9.91. The van der Waals surface area contributed by atoms with Crippen LogP contribution in [-0.2, 0) is 0 Å². The van der Waals surface area contributed by atoms with Gasteiger partial charge in [-0.05, 0) is 0 Å². The fourth-order valence-electron chi connectivity index (χ4n) is 0. The quantitative estimate of drug-likeness (QED) is 0.446. The van der Waals surface area contributed by atoms with Gasteiger partial charge in [0.1, 0.15) is 0 Å². The zero-order valence-corrected chi connectivity index (χ0v) is 6.39. The fraction of sp³-hybridized carbons (Fsp3) is 0. The van der Waals surface area contributed by atoms with Gasteiger partial charge in [0, 0.05) is 11.0 Å². The predicted molar refractivity (Wildman–Crippen MR) is 17.0 cm³/mol. The van der Waals surface area contributed by atoms with Crippen molar-refractivity contribution in [2.75, 3.05) is 0 Å². The van der Waals surface area contributed by atoms with Gasteiger partial charge < -0.3 is 0 Å². The molecule has 0 amide bonds. The van der Waals surface area contributed by atoms with Gasteiger partial charge in [-0.2, -0.15) is 0 Å². The van der Waals surface area contributed by atoms with E-state index in [1.54, 1.807) is 0 Å². The molecule has 7 heteroatoms. The Morgan fingerprint density at radius 3 is 0.714 bits per heavy atom. The van der Waals surface area contributed by atoms with E-state index in [9.17, 15) is 14.1 Å². The second-order valence-corrected chi connectivity index (χ2v) is 4.29. The summed E-state index contributed by atoms with van der Waals surface area (Å²) in [6, 6.07) is 0. The van der Waals surface area contributed by atoms with Crippen LogP contribution in [-0.4, -0.2) is 31.3 Å². The smallest absolute Gasteiger partial charge is 0 e. The van der Waals surface area contributed by atoms with Gasteiger partial charge in [-0.1, -0.05) is 0 Å². The second kappa shape index (κ2) is 1.89. The summed E-state index contributed by atoms with van der Waals surface area (Å²) in [6.07, 6.45) is 0. The molecule has 0 fully saturated rings. The third-order valence-electron chi connectivity index (χ3n) is 0. The van der Waals surface area contributed by atoms with Crippen molar-refractivity contribution < 1.29 is 14.1 Å². The van der Waals surface area contributed by atoms with Crippen molar-refractivity contribution in [2.24, 2.45) is 0 Å². The first kappa shape index (κ1) is 10.6. The minimum Gasteiger partial charge on any atom is 0 e. The number of hydrogen-bond donors (Lipinski definition) is 0. The molecule has 4 radical (unpaired) electrons. The molecule has 0 heterocycles. The van der Waals surface area contributed by atoms with Gasteiger partial charge in [0.05, 0.1) is 0 Å². The Hall–Kier alpha value is 0.685. The molecule has 0 nitrogen and oxygen atoms in total. The molecule has 0 rings (SSSR count). The van der Waals surface area contributed by atoms with E-state index in [0.717, 1.165) is 0 Å². The van der Waals surface area contributed by atoms with Crippen LogP contribution in [0.1, 0.15) is 0 Å². The van der Waals surface area contributed by atoms with Gasteiger partial charge in [0.15, 0.2) is 0 Å². The first-order chi connectivity index (χ1) is 2.24. The molecule has 0 aliphatic heterocycles. The van der Waals surface area contributed by atoms with Crippen molar-refractivity contribution in [3.05, 3.63) is 0 Å². The summed E-state index contributed by atoms with van der Waals surface area (Å²) in [5.41, 5.74) is 0. The van der Waals surface area contributed by atoms with Gasteiger partial charge in [-0.15, -0.1) is 0 Å². The summed E-state index contributed by atoms with van der Waals surface area (Å²) in [5.74, 6) is 0. The predicted octanol–water partition coefficient (Wildman–Crippen LogP) is 1.34.